The van der Waals surface area contributed by atoms with Crippen molar-refractivity contribution in [2.24, 2.45) is 0 Å². The van der Waals surface area contributed by atoms with Crippen molar-refractivity contribution in [2.75, 3.05) is 19.5 Å². The molecule has 0 aromatic heterocycles. The summed E-state index contributed by atoms with van der Waals surface area (Å²) in [6, 6.07) is 5.77. The molecule has 0 saturated heterocycles. The number of ether oxygens (including phenoxy) is 1. The summed E-state index contributed by atoms with van der Waals surface area (Å²) in [4.78, 5) is 0.696. The largest absolute Gasteiger partial charge is 0.496 e. The molecule has 2 nitrogen and oxygen atoms in total. The van der Waals surface area contributed by atoms with Crippen LogP contribution in [0.3, 0.4) is 0 Å². The first-order valence-electron chi connectivity index (χ1n) is 3.93. The molecule has 0 aliphatic rings. The van der Waals surface area contributed by atoms with E-state index in [4.69, 9.17) is 4.74 Å². The molecular weight excluding hydrogens is 182 g/mol. The third-order valence-corrected chi connectivity index (χ3v) is 2.03. The molecule has 0 radical (unpaired) electrons. The van der Waals surface area contributed by atoms with Gasteiger partial charge in [0.15, 0.2) is 0 Å². The number of thiol groups is 1. The summed E-state index contributed by atoms with van der Waals surface area (Å²) in [5.41, 5.74) is 1.88. The molecule has 0 amide bonds. The van der Waals surface area contributed by atoms with Gasteiger partial charge in [-0.1, -0.05) is 12.6 Å². The molecule has 70 valence electrons. The highest BCUT2D eigenvalue weighted by atomic mass is 32.1. The Morgan fingerprint density at radius 1 is 1.54 bits per heavy atom. The van der Waals surface area contributed by atoms with Gasteiger partial charge in [-0.2, -0.15) is 0 Å². The van der Waals surface area contributed by atoms with Crippen LogP contribution in [0.25, 0.3) is 4.91 Å². The van der Waals surface area contributed by atoms with Gasteiger partial charge in [0.25, 0.3) is 0 Å². The molecule has 0 bridgehead atoms. The number of nitrogens with one attached hydrogen (secondary N) is 1. The van der Waals surface area contributed by atoms with Crippen molar-refractivity contribution >= 4 is 23.2 Å². The molecule has 0 spiro atoms. The number of methoxy groups -OCH3 is 1. The zero-order valence-corrected chi connectivity index (χ0v) is 8.69. The first-order chi connectivity index (χ1) is 6.20. The second kappa shape index (κ2) is 4.23. The van der Waals surface area contributed by atoms with Crippen molar-refractivity contribution in [3.63, 3.8) is 0 Å². The minimum Gasteiger partial charge on any atom is -0.496 e. The van der Waals surface area contributed by atoms with Gasteiger partial charge in [0.2, 0.25) is 0 Å². The number of hydrogen-bond donors (Lipinski definition) is 2. The molecule has 13 heavy (non-hydrogen) atoms. The lowest BCUT2D eigenvalue weighted by atomic mass is 10.1. The van der Waals surface area contributed by atoms with Crippen molar-refractivity contribution in [1.82, 2.24) is 0 Å². The second-order valence-electron chi connectivity index (χ2n) is 2.58. The Morgan fingerprint density at radius 3 is 2.69 bits per heavy atom. The van der Waals surface area contributed by atoms with E-state index in [-0.39, 0.29) is 0 Å². The fourth-order valence-corrected chi connectivity index (χ4v) is 1.44. The van der Waals surface area contributed by atoms with Crippen molar-refractivity contribution in [1.29, 1.82) is 0 Å². The van der Waals surface area contributed by atoms with Gasteiger partial charge in [0.05, 0.1) is 12.7 Å². The molecular formula is C10H13NOS. The SMILES string of the molecule is C=C(S)c1c(NC)cccc1OC. The standard InChI is InChI=1S/C10H13NOS/c1-7(13)10-8(11-2)5-4-6-9(10)12-3/h4-6,11,13H,1H2,2-3H3. The predicted molar refractivity (Wildman–Crippen MR) is 60.6 cm³/mol. The lowest BCUT2D eigenvalue weighted by Gasteiger charge is -2.12. The first-order valence-corrected chi connectivity index (χ1v) is 4.38. The van der Waals surface area contributed by atoms with E-state index >= 15 is 0 Å². The minimum atomic E-state index is 0.696. The second-order valence-corrected chi connectivity index (χ2v) is 3.12. The maximum atomic E-state index is 5.20. The highest BCUT2D eigenvalue weighted by molar-refractivity contribution is 7.90. The van der Waals surface area contributed by atoms with Gasteiger partial charge in [-0.15, -0.1) is 12.6 Å². The number of rotatable bonds is 3. The summed E-state index contributed by atoms with van der Waals surface area (Å²) in [7, 11) is 3.49. The first kappa shape index (κ1) is 9.99. The lowest BCUT2D eigenvalue weighted by molar-refractivity contribution is 0.414. The van der Waals surface area contributed by atoms with Gasteiger partial charge in [0, 0.05) is 17.6 Å². The molecule has 3 heteroatoms. The highest BCUT2D eigenvalue weighted by Crippen LogP contribution is 2.33. The average Bonchev–Trinajstić information content (AvgIpc) is 2.16. The summed E-state index contributed by atoms with van der Waals surface area (Å²) >= 11 is 4.22. The summed E-state index contributed by atoms with van der Waals surface area (Å²) in [5.74, 6) is 0.784. The smallest absolute Gasteiger partial charge is 0.129 e. The molecule has 0 heterocycles. The van der Waals surface area contributed by atoms with Gasteiger partial charge in [-0.3, -0.25) is 0 Å². The maximum absolute atomic E-state index is 5.20. The lowest BCUT2D eigenvalue weighted by Crippen LogP contribution is -1.96. The Morgan fingerprint density at radius 2 is 2.23 bits per heavy atom. The monoisotopic (exact) mass is 195 g/mol. The summed E-state index contributed by atoms with van der Waals surface area (Å²) in [5, 5.41) is 3.06. The molecule has 1 aromatic carbocycles. The Labute approximate surface area is 84.0 Å². The Hall–Kier alpha value is -1.09. The van der Waals surface area contributed by atoms with Crippen molar-refractivity contribution in [3.05, 3.63) is 30.3 Å². The minimum absolute atomic E-state index is 0.696. The van der Waals surface area contributed by atoms with Crippen LogP contribution in [0.1, 0.15) is 5.56 Å². The number of benzene rings is 1. The van der Waals surface area contributed by atoms with E-state index in [0.29, 0.717) is 4.91 Å². The van der Waals surface area contributed by atoms with Gasteiger partial charge in [0.1, 0.15) is 5.75 Å². The Kier molecular flexibility index (Phi) is 3.25. The van der Waals surface area contributed by atoms with Crippen LogP contribution in [-0.2, 0) is 0 Å². The maximum Gasteiger partial charge on any atom is 0.129 e. The summed E-state index contributed by atoms with van der Waals surface area (Å²) in [6.45, 7) is 3.79. The number of anilines is 1. The quantitative estimate of drug-likeness (QED) is 0.723. The molecule has 1 N–H and O–H groups in total. The fraction of sp³-hybridized carbons (Fsp3) is 0.200. The molecule has 0 aliphatic heterocycles. The zero-order valence-electron chi connectivity index (χ0n) is 7.79. The summed E-state index contributed by atoms with van der Waals surface area (Å²) < 4.78 is 5.20. The molecule has 0 unspecified atom stereocenters. The fourth-order valence-electron chi connectivity index (χ4n) is 1.21. The van der Waals surface area contributed by atoms with E-state index in [1.54, 1.807) is 7.11 Å². The van der Waals surface area contributed by atoms with Gasteiger partial charge >= 0.3 is 0 Å². The molecule has 0 aliphatic carbocycles. The van der Waals surface area contributed by atoms with Crippen LogP contribution in [0.15, 0.2) is 24.8 Å². The topological polar surface area (TPSA) is 21.3 Å². The van der Waals surface area contributed by atoms with E-state index in [2.05, 4.69) is 24.5 Å². The van der Waals surface area contributed by atoms with Crippen LogP contribution in [0.4, 0.5) is 5.69 Å². The average molecular weight is 195 g/mol. The molecule has 1 rings (SSSR count). The molecule has 0 atom stereocenters. The normalized spacial score (nSPS) is 9.46. The van der Waals surface area contributed by atoms with Crippen LogP contribution in [0, 0.1) is 0 Å². The Balaban J connectivity index is 3.29. The van der Waals surface area contributed by atoms with Crippen molar-refractivity contribution in [2.45, 2.75) is 0 Å². The van der Waals surface area contributed by atoms with Crippen LogP contribution in [-0.4, -0.2) is 14.2 Å². The van der Waals surface area contributed by atoms with E-state index in [9.17, 15) is 0 Å². The van der Waals surface area contributed by atoms with E-state index in [0.717, 1.165) is 17.0 Å². The molecule has 0 saturated carbocycles. The third kappa shape index (κ3) is 1.98. The van der Waals surface area contributed by atoms with Crippen LogP contribution in [0.2, 0.25) is 0 Å². The van der Waals surface area contributed by atoms with Crippen molar-refractivity contribution < 1.29 is 4.74 Å². The van der Waals surface area contributed by atoms with E-state index in [1.165, 1.54) is 0 Å². The highest BCUT2D eigenvalue weighted by Gasteiger charge is 2.08. The third-order valence-electron chi connectivity index (χ3n) is 1.80. The van der Waals surface area contributed by atoms with Gasteiger partial charge in [-0.05, 0) is 12.1 Å². The summed E-state index contributed by atoms with van der Waals surface area (Å²) in [6.07, 6.45) is 0. The molecule has 1 aromatic rings. The van der Waals surface area contributed by atoms with Crippen LogP contribution in [0.5, 0.6) is 5.75 Å². The van der Waals surface area contributed by atoms with Gasteiger partial charge in [-0.25, -0.2) is 0 Å². The van der Waals surface area contributed by atoms with Gasteiger partial charge < -0.3 is 10.1 Å². The predicted octanol–water partition coefficient (Wildman–Crippen LogP) is 2.64. The zero-order chi connectivity index (χ0) is 9.84. The van der Waals surface area contributed by atoms with Crippen LogP contribution < -0.4 is 10.1 Å². The molecule has 0 fully saturated rings. The number of hydrogen-bond acceptors (Lipinski definition) is 3. The van der Waals surface area contributed by atoms with E-state index < -0.39 is 0 Å². The van der Waals surface area contributed by atoms with E-state index in [1.807, 2.05) is 25.2 Å². The van der Waals surface area contributed by atoms with Crippen LogP contribution >= 0.6 is 12.6 Å². The Bertz CT molecular complexity index is 300. The van der Waals surface area contributed by atoms with Crippen molar-refractivity contribution in [3.8, 4) is 5.75 Å².